The Hall–Kier alpha value is -3.68. The van der Waals surface area contributed by atoms with Crippen LogP contribution in [-0.2, 0) is 11.3 Å². The largest absolute Gasteiger partial charge is 0.507 e. The van der Waals surface area contributed by atoms with E-state index in [1.807, 2.05) is 31.2 Å². The molecule has 0 bridgehead atoms. The predicted molar refractivity (Wildman–Crippen MR) is 122 cm³/mol. The molecule has 2 aliphatic rings. The van der Waals surface area contributed by atoms with Gasteiger partial charge in [0, 0.05) is 30.5 Å². The maximum atomic E-state index is 13.6. The van der Waals surface area contributed by atoms with Gasteiger partial charge in [-0.1, -0.05) is 37.1 Å². The third kappa shape index (κ3) is 3.55. The normalized spacial score (nSPS) is 18.0. The molecule has 1 aliphatic heterocycles. The van der Waals surface area contributed by atoms with E-state index in [9.17, 15) is 19.5 Å². The molecule has 2 heterocycles. The van der Waals surface area contributed by atoms with Crippen molar-refractivity contribution in [3.8, 4) is 5.75 Å². The standard InChI is InChI=1S/C25H26N4O4/c1-2-26-24(32)22-16-10-6-5-9-15(16)13-29(22)25(33)18-11-17-19(12-20(18)30)27-28-21(17)23(31)14-7-3-4-8-14/h5-6,9-12,14,22,30H,2-4,7-8,13H2,1H3,(H,26,32)(H,27,28). The Morgan fingerprint density at radius 1 is 1.18 bits per heavy atom. The number of aromatic nitrogens is 2. The SMILES string of the molecule is CCNC(=O)C1c2ccccc2CN1C(=O)c1cc2c(C(=O)C3CCCC3)n[nH]c2cc1O. The van der Waals surface area contributed by atoms with Gasteiger partial charge in [0.2, 0.25) is 5.91 Å². The van der Waals surface area contributed by atoms with Crippen LogP contribution in [0, 0.1) is 5.92 Å². The van der Waals surface area contributed by atoms with E-state index in [0.717, 1.165) is 36.8 Å². The highest BCUT2D eigenvalue weighted by molar-refractivity contribution is 6.10. The van der Waals surface area contributed by atoms with Crippen molar-refractivity contribution in [1.82, 2.24) is 20.4 Å². The number of aromatic hydroxyl groups is 1. The number of phenolic OH excluding ortho intramolecular Hbond substituents is 1. The quantitative estimate of drug-likeness (QED) is 0.519. The van der Waals surface area contributed by atoms with Crippen LogP contribution in [0.2, 0.25) is 0 Å². The minimum absolute atomic E-state index is 0.0309. The van der Waals surface area contributed by atoms with Crippen LogP contribution in [-0.4, -0.2) is 44.3 Å². The van der Waals surface area contributed by atoms with Crippen molar-refractivity contribution in [3.63, 3.8) is 0 Å². The molecule has 1 saturated carbocycles. The summed E-state index contributed by atoms with van der Waals surface area (Å²) in [6.45, 7) is 2.53. The molecule has 170 valence electrons. The number of Topliss-reactive ketones (excluding diaryl/α,β-unsaturated/α-hetero) is 1. The van der Waals surface area contributed by atoms with Crippen LogP contribution in [0.5, 0.6) is 5.75 Å². The van der Waals surface area contributed by atoms with Gasteiger partial charge in [-0.25, -0.2) is 0 Å². The zero-order chi connectivity index (χ0) is 23.1. The Morgan fingerprint density at radius 3 is 2.70 bits per heavy atom. The highest BCUT2D eigenvalue weighted by atomic mass is 16.3. The second-order valence-corrected chi connectivity index (χ2v) is 8.76. The first-order valence-electron chi connectivity index (χ1n) is 11.4. The molecule has 8 heteroatoms. The maximum absolute atomic E-state index is 13.6. The Labute approximate surface area is 191 Å². The molecule has 0 saturated heterocycles. The van der Waals surface area contributed by atoms with E-state index in [-0.39, 0.29) is 35.5 Å². The molecule has 8 nitrogen and oxygen atoms in total. The Kier molecular flexibility index (Phi) is 5.36. The number of likely N-dealkylation sites (N-methyl/N-ethyl adjacent to an activating group) is 1. The number of phenols is 1. The van der Waals surface area contributed by atoms with Crippen molar-refractivity contribution in [2.75, 3.05) is 6.54 Å². The van der Waals surface area contributed by atoms with Crippen molar-refractivity contribution in [2.45, 2.75) is 45.2 Å². The molecule has 1 fully saturated rings. The fraction of sp³-hybridized carbons (Fsp3) is 0.360. The molecule has 33 heavy (non-hydrogen) atoms. The van der Waals surface area contributed by atoms with Gasteiger partial charge in [-0.3, -0.25) is 19.5 Å². The summed E-state index contributed by atoms with van der Waals surface area (Å²) in [4.78, 5) is 41.0. The van der Waals surface area contributed by atoms with Gasteiger partial charge in [0.1, 0.15) is 17.5 Å². The van der Waals surface area contributed by atoms with Crippen LogP contribution < -0.4 is 5.32 Å². The maximum Gasteiger partial charge on any atom is 0.258 e. The molecule has 1 aromatic heterocycles. The first-order valence-corrected chi connectivity index (χ1v) is 11.4. The number of nitrogens with one attached hydrogen (secondary N) is 2. The molecule has 3 N–H and O–H groups in total. The smallest absolute Gasteiger partial charge is 0.258 e. The van der Waals surface area contributed by atoms with Gasteiger partial charge in [0.05, 0.1) is 11.1 Å². The fourth-order valence-electron chi connectivity index (χ4n) is 5.08. The average molecular weight is 447 g/mol. The zero-order valence-corrected chi connectivity index (χ0v) is 18.4. The third-order valence-electron chi connectivity index (χ3n) is 6.73. The highest BCUT2D eigenvalue weighted by Gasteiger charge is 2.39. The minimum atomic E-state index is -0.785. The van der Waals surface area contributed by atoms with Gasteiger partial charge < -0.3 is 15.3 Å². The molecule has 2 amide bonds. The van der Waals surface area contributed by atoms with E-state index in [1.54, 1.807) is 0 Å². The van der Waals surface area contributed by atoms with Crippen LogP contribution in [0.15, 0.2) is 36.4 Å². The summed E-state index contributed by atoms with van der Waals surface area (Å²) in [7, 11) is 0. The van der Waals surface area contributed by atoms with Crippen LogP contribution in [0.3, 0.4) is 0 Å². The number of fused-ring (bicyclic) bond motifs is 2. The first kappa shape index (κ1) is 21.2. The second-order valence-electron chi connectivity index (χ2n) is 8.76. The number of nitrogens with zero attached hydrogens (tertiary/aromatic N) is 2. The summed E-state index contributed by atoms with van der Waals surface area (Å²) in [5.41, 5.74) is 2.51. The molecule has 0 radical (unpaired) electrons. The number of amides is 2. The molecule has 0 spiro atoms. The van der Waals surface area contributed by atoms with Gasteiger partial charge in [-0.2, -0.15) is 5.10 Å². The van der Waals surface area contributed by atoms with Gasteiger partial charge >= 0.3 is 0 Å². The topological polar surface area (TPSA) is 115 Å². The van der Waals surface area contributed by atoms with Crippen molar-refractivity contribution in [3.05, 3.63) is 58.8 Å². The molecule has 5 rings (SSSR count). The van der Waals surface area contributed by atoms with Crippen LogP contribution in [0.1, 0.15) is 70.6 Å². The lowest BCUT2D eigenvalue weighted by Gasteiger charge is -2.25. The van der Waals surface area contributed by atoms with E-state index in [4.69, 9.17) is 0 Å². The van der Waals surface area contributed by atoms with Crippen molar-refractivity contribution >= 4 is 28.5 Å². The predicted octanol–water partition coefficient (Wildman–Crippen LogP) is 3.47. The summed E-state index contributed by atoms with van der Waals surface area (Å²) < 4.78 is 0. The van der Waals surface area contributed by atoms with Crippen LogP contribution in [0.4, 0.5) is 0 Å². The number of benzene rings is 2. The van der Waals surface area contributed by atoms with E-state index < -0.39 is 11.9 Å². The summed E-state index contributed by atoms with van der Waals surface area (Å²) in [6.07, 6.45) is 3.74. The number of rotatable bonds is 5. The molecule has 2 aromatic carbocycles. The van der Waals surface area contributed by atoms with E-state index >= 15 is 0 Å². The van der Waals surface area contributed by atoms with Crippen molar-refractivity contribution < 1.29 is 19.5 Å². The van der Waals surface area contributed by atoms with Crippen molar-refractivity contribution in [2.24, 2.45) is 5.92 Å². The van der Waals surface area contributed by atoms with E-state index in [0.29, 0.717) is 23.1 Å². The van der Waals surface area contributed by atoms with Gasteiger partial charge in [0.15, 0.2) is 5.78 Å². The summed E-state index contributed by atoms with van der Waals surface area (Å²) in [6, 6.07) is 9.62. The lowest BCUT2D eigenvalue weighted by Crippen LogP contribution is -2.39. The molecule has 1 aliphatic carbocycles. The van der Waals surface area contributed by atoms with Crippen molar-refractivity contribution in [1.29, 1.82) is 0 Å². The number of carbonyl (C=O) groups excluding carboxylic acids is 3. The first-order chi connectivity index (χ1) is 16.0. The van der Waals surface area contributed by atoms with E-state index in [1.165, 1.54) is 17.0 Å². The number of aromatic amines is 1. The number of H-pyrrole nitrogens is 1. The van der Waals surface area contributed by atoms with Gasteiger partial charge in [0.25, 0.3) is 5.91 Å². The number of carbonyl (C=O) groups is 3. The number of hydrogen-bond donors (Lipinski definition) is 3. The summed E-state index contributed by atoms with van der Waals surface area (Å²) >= 11 is 0. The van der Waals surface area contributed by atoms with Gasteiger partial charge in [-0.15, -0.1) is 0 Å². The number of ketones is 1. The Balaban J connectivity index is 1.53. The Morgan fingerprint density at radius 2 is 1.94 bits per heavy atom. The number of hydrogen-bond acceptors (Lipinski definition) is 5. The highest BCUT2D eigenvalue weighted by Crippen LogP contribution is 2.37. The van der Waals surface area contributed by atoms with Crippen LogP contribution >= 0.6 is 0 Å². The van der Waals surface area contributed by atoms with E-state index in [2.05, 4.69) is 15.5 Å². The molecule has 1 atom stereocenters. The molecule has 3 aromatic rings. The molecular formula is C25H26N4O4. The fourth-order valence-corrected chi connectivity index (χ4v) is 5.08. The Bertz CT molecular complexity index is 1260. The molecule has 1 unspecified atom stereocenters. The summed E-state index contributed by atoms with van der Waals surface area (Å²) in [5.74, 6) is -1.04. The minimum Gasteiger partial charge on any atom is -0.507 e. The second kappa shape index (κ2) is 8.35. The third-order valence-corrected chi connectivity index (χ3v) is 6.73. The zero-order valence-electron chi connectivity index (χ0n) is 18.4. The van der Waals surface area contributed by atoms with Crippen LogP contribution in [0.25, 0.3) is 10.9 Å². The summed E-state index contributed by atoms with van der Waals surface area (Å²) in [5, 5.41) is 21.0. The average Bonchev–Trinajstić information content (AvgIpc) is 3.55. The lowest BCUT2D eigenvalue weighted by molar-refractivity contribution is -0.125. The van der Waals surface area contributed by atoms with Gasteiger partial charge in [-0.05, 0) is 37.0 Å². The molecular weight excluding hydrogens is 420 g/mol. The lowest BCUT2D eigenvalue weighted by atomic mass is 9.97. The monoisotopic (exact) mass is 446 g/mol.